The summed E-state index contributed by atoms with van der Waals surface area (Å²) in [6.45, 7) is 4.83. The molecule has 27 heavy (non-hydrogen) atoms. The monoisotopic (exact) mass is 370 g/mol. The number of benzene rings is 1. The molecule has 1 heterocycles. The van der Waals surface area contributed by atoms with E-state index in [0.29, 0.717) is 24.2 Å². The Kier molecular flexibility index (Phi) is 6.21. The summed E-state index contributed by atoms with van der Waals surface area (Å²) in [5, 5.41) is 10.9. The van der Waals surface area contributed by atoms with Crippen molar-refractivity contribution in [2.24, 2.45) is 0 Å². The Morgan fingerprint density at radius 3 is 2.93 bits per heavy atom. The lowest BCUT2D eigenvalue weighted by Crippen LogP contribution is -2.36. The maximum atomic E-state index is 12.3. The zero-order chi connectivity index (χ0) is 19.2. The van der Waals surface area contributed by atoms with Crippen LogP contribution in [-0.4, -0.2) is 39.5 Å². The summed E-state index contributed by atoms with van der Waals surface area (Å²) < 4.78 is 7.05. The molecular weight excluding hydrogens is 344 g/mol. The third-order valence-electron chi connectivity index (χ3n) is 4.83. The maximum Gasteiger partial charge on any atom is 0.338 e. The lowest BCUT2D eigenvalue weighted by atomic mass is 9.97. The van der Waals surface area contributed by atoms with Crippen LogP contribution in [0.5, 0.6) is 0 Å². The second kappa shape index (κ2) is 8.79. The molecule has 1 aromatic carbocycles. The van der Waals surface area contributed by atoms with Gasteiger partial charge in [0, 0.05) is 13.1 Å². The van der Waals surface area contributed by atoms with Crippen LogP contribution >= 0.6 is 0 Å². The molecule has 0 bridgehead atoms. The van der Waals surface area contributed by atoms with Crippen LogP contribution in [-0.2, 0) is 16.1 Å². The molecule has 0 saturated heterocycles. The van der Waals surface area contributed by atoms with Crippen LogP contribution in [0, 0.1) is 0 Å². The van der Waals surface area contributed by atoms with E-state index in [2.05, 4.69) is 21.7 Å². The second-order valence-corrected chi connectivity index (χ2v) is 6.81. The summed E-state index contributed by atoms with van der Waals surface area (Å²) in [5.41, 5.74) is 3.25. The number of carbonyl (C=O) groups is 2. The molecule has 0 saturated carbocycles. The van der Waals surface area contributed by atoms with E-state index in [1.807, 2.05) is 6.92 Å². The number of carbonyl (C=O) groups excluding carboxylic acids is 2. The van der Waals surface area contributed by atoms with Gasteiger partial charge in [-0.25, -0.2) is 9.48 Å². The molecule has 0 radical (unpaired) electrons. The van der Waals surface area contributed by atoms with E-state index >= 15 is 0 Å². The molecule has 1 aromatic heterocycles. The fourth-order valence-corrected chi connectivity index (χ4v) is 3.24. The number of aromatic nitrogens is 3. The van der Waals surface area contributed by atoms with Crippen LogP contribution in [0.15, 0.2) is 29.8 Å². The van der Waals surface area contributed by atoms with Gasteiger partial charge in [0.2, 0.25) is 0 Å². The molecular formula is C20H26N4O3. The summed E-state index contributed by atoms with van der Waals surface area (Å²) in [5.74, 6) is -0.821. The van der Waals surface area contributed by atoms with E-state index in [-0.39, 0.29) is 5.91 Å². The van der Waals surface area contributed by atoms with Gasteiger partial charge in [-0.2, -0.15) is 0 Å². The van der Waals surface area contributed by atoms with Crippen molar-refractivity contribution in [2.45, 2.75) is 58.6 Å². The number of hydrogen-bond donors (Lipinski definition) is 1. The van der Waals surface area contributed by atoms with Crippen molar-refractivity contribution in [2.75, 3.05) is 6.54 Å². The van der Waals surface area contributed by atoms with Crippen LogP contribution < -0.4 is 5.32 Å². The summed E-state index contributed by atoms with van der Waals surface area (Å²) in [4.78, 5) is 24.5. The minimum Gasteiger partial charge on any atom is -0.449 e. The fraction of sp³-hybridized carbons (Fsp3) is 0.500. The normalized spacial score (nSPS) is 15.3. The molecule has 7 heteroatoms. The average Bonchev–Trinajstić information content (AvgIpc) is 3.11. The van der Waals surface area contributed by atoms with Crippen molar-refractivity contribution in [1.82, 2.24) is 20.3 Å². The number of nitrogens with zero attached hydrogens (tertiary/aromatic N) is 3. The molecule has 0 spiro atoms. The quantitative estimate of drug-likeness (QED) is 0.598. The molecule has 1 amide bonds. The number of allylic oxidation sites excluding steroid dienone is 1. The first-order chi connectivity index (χ1) is 13.1. The van der Waals surface area contributed by atoms with E-state index in [1.165, 1.54) is 18.4 Å². The topological polar surface area (TPSA) is 86.1 Å². The first kappa shape index (κ1) is 19.1. The Hall–Kier alpha value is -2.70. The van der Waals surface area contributed by atoms with Gasteiger partial charge in [-0.1, -0.05) is 16.9 Å². The van der Waals surface area contributed by atoms with Crippen molar-refractivity contribution in [3.8, 4) is 0 Å². The Balaban J connectivity index is 1.51. The summed E-state index contributed by atoms with van der Waals surface area (Å²) in [6.07, 6.45) is 7.01. The molecule has 2 aromatic rings. The van der Waals surface area contributed by atoms with Gasteiger partial charge in [-0.3, -0.25) is 4.79 Å². The largest absolute Gasteiger partial charge is 0.449 e. The number of nitrogens with one attached hydrogen (secondary N) is 1. The Morgan fingerprint density at radius 2 is 2.19 bits per heavy atom. The first-order valence-corrected chi connectivity index (χ1v) is 9.58. The van der Waals surface area contributed by atoms with E-state index in [0.717, 1.165) is 24.8 Å². The summed E-state index contributed by atoms with van der Waals surface area (Å²) in [7, 11) is 0. The zero-order valence-corrected chi connectivity index (χ0v) is 15.9. The van der Waals surface area contributed by atoms with Crippen LogP contribution in [0.25, 0.3) is 11.0 Å². The van der Waals surface area contributed by atoms with E-state index in [4.69, 9.17) is 4.74 Å². The number of ether oxygens (including phenoxy) is 1. The van der Waals surface area contributed by atoms with Gasteiger partial charge >= 0.3 is 5.97 Å². The van der Waals surface area contributed by atoms with Crippen molar-refractivity contribution < 1.29 is 14.3 Å². The minimum absolute atomic E-state index is 0.280. The van der Waals surface area contributed by atoms with Gasteiger partial charge in [0.1, 0.15) is 5.52 Å². The molecule has 1 aliphatic rings. The van der Waals surface area contributed by atoms with Gasteiger partial charge < -0.3 is 10.1 Å². The fourth-order valence-electron chi connectivity index (χ4n) is 3.24. The minimum atomic E-state index is -0.847. The lowest BCUT2D eigenvalue weighted by molar-refractivity contribution is -0.129. The molecule has 0 aliphatic heterocycles. The number of amides is 1. The van der Waals surface area contributed by atoms with Crippen LogP contribution in [0.2, 0.25) is 0 Å². The molecule has 1 aliphatic carbocycles. The second-order valence-electron chi connectivity index (χ2n) is 6.81. The highest BCUT2D eigenvalue weighted by Gasteiger charge is 2.19. The molecule has 7 nitrogen and oxygen atoms in total. The number of esters is 1. The molecule has 1 atom stereocenters. The van der Waals surface area contributed by atoms with Crippen LogP contribution in [0.1, 0.15) is 56.3 Å². The van der Waals surface area contributed by atoms with Crippen molar-refractivity contribution in [1.29, 1.82) is 0 Å². The zero-order valence-electron chi connectivity index (χ0n) is 15.9. The number of hydrogen-bond acceptors (Lipinski definition) is 5. The molecule has 144 valence electrons. The third-order valence-corrected chi connectivity index (χ3v) is 4.83. The predicted molar refractivity (Wildman–Crippen MR) is 102 cm³/mol. The van der Waals surface area contributed by atoms with Crippen molar-refractivity contribution in [3.63, 3.8) is 0 Å². The number of fused-ring (bicyclic) bond motifs is 1. The van der Waals surface area contributed by atoms with Gasteiger partial charge in [0.15, 0.2) is 6.10 Å². The van der Waals surface area contributed by atoms with Gasteiger partial charge in [-0.05, 0) is 64.2 Å². The highest BCUT2D eigenvalue weighted by molar-refractivity contribution is 5.95. The predicted octanol–water partition coefficient (Wildman–Crippen LogP) is 3.00. The third kappa shape index (κ3) is 4.72. The Bertz CT molecular complexity index is 856. The molecule has 0 fully saturated rings. The first-order valence-electron chi connectivity index (χ1n) is 9.58. The average molecular weight is 370 g/mol. The molecule has 0 unspecified atom stereocenters. The Labute approximate surface area is 158 Å². The highest BCUT2D eigenvalue weighted by Crippen LogP contribution is 2.19. The van der Waals surface area contributed by atoms with Crippen molar-refractivity contribution in [3.05, 3.63) is 35.4 Å². The van der Waals surface area contributed by atoms with Gasteiger partial charge in [0.25, 0.3) is 5.91 Å². The van der Waals surface area contributed by atoms with E-state index < -0.39 is 12.1 Å². The standard InChI is InChI=1S/C20H26N4O3/c1-3-24-18-10-9-16(13-17(18)22-23-24)20(26)27-14(2)19(25)21-12-11-15-7-5-4-6-8-15/h7,9-10,13-14H,3-6,8,11-12H2,1-2H3,(H,21,25)/t14-/m1/s1. The molecule has 1 N–H and O–H groups in total. The van der Waals surface area contributed by atoms with Crippen LogP contribution in [0.3, 0.4) is 0 Å². The molecule has 3 rings (SSSR count). The lowest BCUT2D eigenvalue weighted by Gasteiger charge is -2.15. The number of aryl methyl sites for hydroxylation is 1. The van der Waals surface area contributed by atoms with E-state index in [9.17, 15) is 9.59 Å². The Morgan fingerprint density at radius 1 is 1.33 bits per heavy atom. The van der Waals surface area contributed by atoms with Gasteiger partial charge in [0.05, 0.1) is 11.1 Å². The van der Waals surface area contributed by atoms with Crippen LogP contribution in [0.4, 0.5) is 0 Å². The summed E-state index contributed by atoms with van der Waals surface area (Å²) >= 11 is 0. The maximum absolute atomic E-state index is 12.3. The van der Waals surface area contributed by atoms with Crippen molar-refractivity contribution >= 4 is 22.9 Å². The number of rotatable bonds is 7. The summed E-state index contributed by atoms with van der Waals surface area (Å²) in [6, 6.07) is 5.09. The SMILES string of the molecule is CCn1nnc2cc(C(=O)O[C@H](C)C(=O)NCCC3=CCCCC3)ccc21. The van der Waals surface area contributed by atoms with E-state index in [1.54, 1.807) is 29.8 Å². The highest BCUT2D eigenvalue weighted by atomic mass is 16.5. The van der Waals surface area contributed by atoms with Gasteiger partial charge in [-0.15, -0.1) is 5.10 Å². The smallest absolute Gasteiger partial charge is 0.338 e.